The van der Waals surface area contributed by atoms with Gasteiger partial charge in [-0.1, -0.05) is 97.1 Å². The van der Waals surface area contributed by atoms with Crippen LogP contribution in [0.1, 0.15) is 0 Å². The van der Waals surface area contributed by atoms with E-state index in [1.54, 1.807) is 11.3 Å². The summed E-state index contributed by atoms with van der Waals surface area (Å²) in [6.45, 7) is 0. The lowest BCUT2D eigenvalue weighted by molar-refractivity contribution is 0.669. The maximum atomic E-state index is 6.59. The Kier molecular flexibility index (Phi) is 6.26. The Balaban J connectivity index is 1.04. The van der Waals surface area contributed by atoms with Crippen molar-refractivity contribution in [2.24, 2.45) is 0 Å². The number of furan rings is 1. The van der Waals surface area contributed by atoms with Crippen molar-refractivity contribution in [3.8, 4) is 45.3 Å². The third kappa shape index (κ3) is 4.61. The van der Waals surface area contributed by atoms with Crippen LogP contribution < -0.4 is 0 Å². The van der Waals surface area contributed by atoms with E-state index in [0.29, 0.717) is 17.5 Å². The second-order valence-electron chi connectivity index (χ2n) is 12.8. The van der Waals surface area contributed by atoms with Gasteiger partial charge in [0.1, 0.15) is 11.2 Å². The second kappa shape index (κ2) is 11.2. The summed E-state index contributed by atoms with van der Waals surface area (Å²) >= 11 is 3.65. The minimum Gasteiger partial charge on any atom is -0.456 e. The molecule has 4 aromatic heterocycles. The molecule has 0 N–H and O–H groups in total. The van der Waals surface area contributed by atoms with Crippen molar-refractivity contribution >= 4 is 85.0 Å². The van der Waals surface area contributed by atoms with Crippen LogP contribution in [-0.2, 0) is 0 Å². The summed E-state index contributed by atoms with van der Waals surface area (Å²) < 4.78 is 11.7. The molecule has 0 aliphatic carbocycles. The first-order valence-corrected chi connectivity index (χ1v) is 18.5. The van der Waals surface area contributed by atoms with Crippen LogP contribution in [0.15, 0.2) is 156 Å². The Labute approximate surface area is 299 Å². The highest BCUT2D eigenvalue weighted by molar-refractivity contribution is 7.26. The number of fused-ring (bicyclic) bond motifs is 9. The lowest BCUT2D eigenvalue weighted by atomic mass is 10.0. The van der Waals surface area contributed by atoms with Gasteiger partial charge in [-0.25, -0.2) is 15.0 Å². The van der Waals surface area contributed by atoms with E-state index in [1.165, 1.54) is 45.9 Å². The normalized spacial score (nSPS) is 11.9. The van der Waals surface area contributed by atoms with E-state index in [1.807, 2.05) is 41.7 Å². The number of hydrogen-bond acceptors (Lipinski definition) is 6. The molecule has 0 fully saturated rings. The van der Waals surface area contributed by atoms with Crippen molar-refractivity contribution in [2.75, 3.05) is 0 Å². The molecule has 0 saturated heterocycles. The fourth-order valence-corrected chi connectivity index (χ4v) is 9.60. The number of benzene rings is 7. The van der Waals surface area contributed by atoms with Crippen LogP contribution in [0.5, 0.6) is 0 Å². The molecule has 0 unspecified atom stereocenters. The van der Waals surface area contributed by atoms with Crippen LogP contribution in [0.2, 0.25) is 0 Å². The van der Waals surface area contributed by atoms with Crippen molar-refractivity contribution in [2.45, 2.75) is 0 Å². The number of rotatable bonds is 4. The quantitative estimate of drug-likeness (QED) is 0.185. The molecule has 238 valence electrons. The van der Waals surface area contributed by atoms with Crippen molar-refractivity contribution in [3.05, 3.63) is 152 Å². The Hall–Kier alpha value is -6.21. The average Bonchev–Trinajstić information content (AvgIpc) is 3.88. The summed E-state index contributed by atoms with van der Waals surface area (Å²) in [6, 6.07) is 53.2. The lowest BCUT2D eigenvalue weighted by Gasteiger charge is -2.08. The molecule has 4 heterocycles. The van der Waals surface area contributed by atoms with E-state index in [4.69, 9.17) is 19.4 Å². The van der Waals surface area contributed by atoms with Crippen LogP contribution in [0.4, 0.5) is 0 Å². The first kappa shape index (κ1) is 28.6. The van der Waals surface area contributed by atoms with Gasteiger partial charge in [0, 0.05) is 67.8 Å². The van der Waals surface area contributed by atoms with Gasteiger partial charge in [0.2, 0.25) is 0 Å². The molecule has 0 atom stereocenters. The topological polar surface area (TPSA) is 51.8 Å². The third-order valence-electron chi connectivity index (χ3n) is 9.75. The Morgan fingerprint density at radius 2 is 0.902 bits per heavy atom. The molecular weight excluding hydrogens is 663 g/mol. The zero-order chi connectivity index (χ0) is 33.5. The smallest absolute Gasteiger partial charge is 0.164 e. The van der Waals surface area contributed by atoms with E-state index in [2.05, 4.69) is 121 Å². The average molecular weight is 688 g/mol. The molecular formula is C45H25N3OS2. The predicted molar refractivity (Wildman–Crippen MR) is 215 cm³/mol. The fourth-order valence-electron chi connectivity index (χ4n) is 7.27. The van der Waals surface area contributed by atoms with Gasteiger partial charge in [-0.2, -0.15) is 0 Å². The van der Waals surface area contributed by atoms with E-state index in [0.717, 1.165) is 44.2 Å². The maximum absolute atomic E-state index is 6.59. The predicted octanol–water partition coefficient (Wildman–Crippen LogP) is 13.2. The largest absolute Gasteiger partial charge is 0.456 e. The third-order valence-corrected chi connectivity index (χ3v) is 12.1. The number of thiophene rings is 2. The highest BCUT2D eigenvalue weighted by Crippen LogP contribution is 2.42. The van der Waals surface area contributed by atoms with Crippen molar-refractivity contribution < 1.29 is 4.42 Å². The van der Waals surface area contributed by atoms with E-state index < -0.39 is 0 Å². The molecule has 0 amide bonds. The minimum atomic E-state index is 0.605. The van der Waals surface area contributed by atoms with Gasteiger partial charge in [-0.05, 0) is 65.7 Å². The van der Waals surface area contributed by atoms with Crippen LogP contribution in [0.25, 0.3) is 108 Å². The Morgan fingerprint density at radius 3 is 1.67 bits per heavy atom. The Bertz CT molecular complexity index is 3160. The monoisotopic (exact) mass is 687 g/mol. The molecule has 51 heavy (non-hydrogen) atoms. The molecule has 7 aromatic carbocycles. The van der Waals surface area contributed by atoms with Gasteiger partial charge < -0.3 is 4.42 Å². The maximum Gasteiger partial charge on any atom is 0.164 e. The first-order valence-electron chi connectivity index (χ1n) is 16.8. The van der Waals surface area contributed by atoms with E-state index >= 15 is 0 Å². The summed E-state index contributed by atoms with van der Waals surface area (Å²) in [6.07, 6.45) is 0. The lowest BCUT2D eigenvalue weighted by Crippen LogP contribution is -2.00. The van der Waals surface area contributed by atoms with Crippen LogP contribution in [0, 0.1) is 0 Å². The van der Waals surface area contributed by atoms with Crippen molar-refractivity contribution in [1.82, 2.24) is 15.0 Å². The molecule has 0 radical (unpaired) electrons. The zero-order valence-corrected chi connectivity index (χ0v) is 28.6. The number of hydrogen-bond donors (Lipinski definition) is 0. The number of aromatic nitrogens is 3. The molecule has 6 heteroatoms. The summed E-state index contributed by atoms with van der Waals surface area (Å²) in [5.41, 5.74) is 6.79. The standard InChI is InChI=1S/C45H25N3OS2/c1-2-9-26(10-3-1)43-46-44(28-19-22-41-36(23-28)34-12-5-6-15-39(34)50-41)48-45(47-43)29-18-21-32-31-20-17-27(24-37(31)49-38(32)25-29)30-13-8-14-35-33-11-4-7-16-40(33)51-42(30)35/h1-25H. The first-order chi connectivity index (χ1) is 25.2. The highest BCUT2D eigenvalue weighted by atomic mass is 32.1. The van der Waals surface area contributed by atoms with Crippen LogP contribution in [0.3, 0.4) is 0 Å². The summed E-state index contributed by atoms with van der Waals surface area (Å²) in [4.78, 5) is 15.1. The molecule has 11 rings (SSSR count). The fraction of sp³-hybridized carbons (Fsp3) is 0. The second-order valence-corrected chi connectivity index (χ2v) is 14.9. The van der Waals surface area contributed by atoms with Crippen molar-refractivity contribution in [1.29, 1.82) is 0 Å². The van der Waals surface area contributed by atoms with Crippen LogP contribution in [-0.4, -0.2) is 15.0 Å². The van der Waals surface area contributed by atoms with Gasteiger partial charge in [-0.15, -0.1) is 22.7 Å². The highest BCUT2D eigenvalue weighted by Gasteiger charge is 2.17. The van der Waals surface area contributed by atoms with Gasteiger partial charge in [0.15, 0.2) is 17.5 Å². The van der Waals surface area contributed by atoms with Crippen LogP contribution >= 0.6 is 22.7 Å². The summed E-state index contributed by atoms with van der Waals surface area (Å²) in [5.74, 6) is 1.88. The summed E-state index contributed by atoms with van der Waals surface area (Å²) in [5, 5.41) is 7.19. The molecule has 0 bridgehead atoms. The van der Waals surface area contributed by atoms with Gasteiger partial charge >= 0.3 is 0 Å². The SMILES string of the molecule is c1ccc(-c2nc(-c3ccc4c(c3)oc3cc(-c5cccc6c5sc5ccccc56)ccc34)nc(-c3ccc4sc5ccccc5c4c3)n2)cc1. The molecule has 0 saturated carbocycles. The Morgan fingerprint density at radius 1 is 0.353 bits per heavy atom. The molecule has 4 nitrogen and oxygen atoms in total. The van der Waals surface area contributed by atoms with E-state index in [-0.39, 0.29) is 0 Å². The van der Waals surface area contributed by atoms with Crippen molar-refractivity contribution in [3.63, 3.8) is 0 Å². The van der Waals surface area contributed by atoms with E-state index in [9.17, 15) is 0 Å². The van der Waals surface area contributed by atoms with Gasteiger partial charge in [0.25, 0.3) is 0 Å². The van der Waals surface area contributed by atoms with Gasteiger partial charge in [0.05, 0.1) is 0 Å². The number of nitrogens with zero attached hydrogens (tertiary/aromatic N) is 3. The van der Waals surface area contributed by atoms with Gasteiger partial charge in [-0.3, -0.25) is 0 Å². The molecule has 0 aliphatic heterocycles. The molecule has 11 aromatic rings. The zero-order valence-electron chi connectivity index (χ0n) is 27.0. The summed E-state index contributed by atoms with van der Waals surface area (Å²) in [7, 11) is 0. The molecule has 0 spiro atoms. The molecule has 0 aliphatic rings. The minimum absolute atomic E-state index is 0.605.